The zero-order valence-corrected chi connectivity index (χ0v) is 8.78. The van der Waals surface area contributed by atoms with Crippen LogP contribution >= 0.6 is 24.4 Å². The van der Waals surface area contributed by atoms with Crippen molar-refractivity contribution in [3.05, 3.63) is 0 Å². The summed E-state index contributed by atoms with van der Waals surface area (Å²) >= 11 is 6.26. The number of hydrogen-bond acceptors (Lipinski definition) is 4. The standard InChI is InChI=1S/C8H14N2S2/c11-6-7-2-1-4-10(7)8-9-3-5-12-8/h7,11H,1-6H2. The molecule has 2 aliphatic rings. The number of likely N-dealkylation sites (tertiary alicyclic amines) is 1. The molecular weight excluding hydrogens is 188 g/mol. The third-order valence-corrected chi connectivity index (χ3v) is 3.83. The van der Waals surface area contributed by atoms with Crippen LogP contribution in [-0.4, -0.2) is 40.7 Å². The Balaban J connectivity index is 2.01. The number of aliphatic imine (C=N–C) groups is 1. The van der Waals surface area contributed by atoms with Gasteiger partial charge in [0.2, 0.25) is 0 Å². The molecule has 2 rings (SSSR count). The largest absolute Gasteiger partial charge is 0.348 e. The Hall–Kier alpha value is 0.170. The normalized spacial score (nSPS) is 29.6. The van der Waals surface area contributed by atoms with Crippen molar-refractivity contribution in [3.8, 4) is 0 Å². The fourth-order valence-electron chi connectivity index (χ4n) is 1.77. The van der Waals surface area contributed by atoms with Crippen molar-refractivity contribution in [3.63, 3.8) is 0 Å². The van der Waals surface area contributed by atoms with E-state index in [9.17, 15) is 0 Å². The zero-order valence-electron chi connectivity index (χ0n) is 7.07. The first kappa shape index (κ1) is 8.75. The first-order valence-electron chi connectivity index (χ1n) is 4.46. The predicted octanol–water partition coefficient (Wildman–Crippen LogP) is 1.48. The Morgan fingerprint density at radius 2 is 2.58 bits per heavy atom. The minimum atomic E-state index is 0.651. The summed E-state index contributed by atoms with van der Waals surface area (Å²) in [6.07, 6.45) is 2.61. The molecule has 0 aliphatic carbocycles. The number of rotatable bonds is 1. The van der Waals surface area contributed by atoms with Crippen LogP contribution in [0.2, 0.25) is 0 Å². The van der Waals surface area contributed by atoms with Crippen LogP contribution in [0.4, 0.5) is 0 Å². The Morgan fingerprint density at radius 3 is 3.25 bits per heavy atom. The quantitative estimate of drug-likeness (QED) is 0.648. The third kappa shape index (κ3) is 1.59. The van der Waals surface area contributed by atoms with Crippen molar-refractivity contribution in [2.75, 3.05) is 24.6 Å². The van der Waals surface area contributed by atoms with E-state index in [1.807, 2.05) is 11.8 Å². The second-order valence-corrected chi connectivity index (χ2v) is 4.61. The predicted molar refractivity (Wildman–Crippen MR) is 58.3 cm³/mol. The molecule has 0 bridgehead atoms. The van der Waals surface area contributed by atoms with E-state index in [4.69, 9.17) is 0 Å². The van der Waals surface area contributed by atoms with E-state index in [1.165, 1.54) is 30.3 Å². The Morgan fingerprint density at radius 1 is 1.67 bits per heavy atom. The van der Waals surface area contributed by atoms with E-state index < -0.39 is 0 Å². The van der Waals surface area contributed by atoms with Gasteiger partial charge in [0, 0.05) is 24.1 Å². The molecule has 0 aromatic carbocycles. The first-order valence-corrected chi connectivity index (χ1v) is 6.08. The molecule has 0 saturated carbocycles. The van der Waals surface area contributed by atoms with Gasteiger partial charge in [-0.2, -0.15) is 12.6 Å². The van der Waals surface area contributed by atoms with Crippen LogP contribution in [0.1, 0.15) is 12.8 Å². The molecule has 1 unspecified atom stereocenters. The molecule has 0 aromatic heterocycles. The van der Waals surface area contributed by atoms with Crippen LogP contribution in [0.3, 0.4) is 0 Å². The number of nitrogens with zero attached hydrogens (tertiary/aromatic N) is 2. The van der Waals surface area contributed by atoms with Gasteiger partial charge in [0.25, 0.3) is 0 Å². The molecule has 1 atom stereocenters. The highest BCUT2D eigenvalue weighted by molar-refractivity contribution is 8.14. The monoisotopic (exact) mass is 202 g/mol. The highest BCUT2D eigenvalue weighted by atomic mass is 32.2. The molecule has 68 valence electrons. The molecule has 1 fully saturated rings. The minimum absolute atomic E-state index is 0.651. The first-order chi connectivity index (χ1) is 5.92. The maximum atomic E-state index is 4.49. The van der Waals surface area contributed by atoms with Crippen molar-refractivity contribution in [2.45, 2.75) is 18.9 Å². The lowest BCUT2D eigenvalue weighted by molar-refractivity contribution is 0.428. The molecule has 1 saturated heterocycles. The van der Waals surface area contributed by atoms with Gasteiger partial charge in [-0.1, -0.05) is 11.8 Å². The zero-order chi connectivity index (χ0) is 8.39. The summed E-state index contributed by atoms with van der Waals surface area (Å²) in [6.45, 7) is 2.20. The molecule has 0 N–H and O–H groups in total. The number of amidine groups is 1. The lowest BCUT2D eigenvalue weighted by Crippen LogP contribution is -2.34. The number of thioether (sulfide) groups is 1. The smallest absolute Gasteiger partial charge is 0.159 e. The summed E-state index contributed by atoms with van der Waals surface area (Å²) in [7, 11) is 0. The van der Waals surface area contributed by atoms with Crippen molar-refractivity contribution >= 4 is 29.6 Å². The van der Waals surface area contributed by atoms with Crippen molar-refractivity contribution in [1.29, 1.82) is 0 Å². The van der Waals surface area contributed by atoms with E-state index in [1.54, 1.807) is 0 Å². The van der Waals surface area contributed by atoms with Crippen LogP contribution in [0.25, 0.3) is 0 Å². The van der Waals surface area contributed by atoms with Crippen LogP contribution < -0.4 is 0 Å². The second kappa shape index (κ2) is 3.92. The minimum Gasteiger partial charge on any atom is -0.348 e. The highest BCUT2D eigenvalue weighted by Gasteiger charge is 2.27. The molecule has 4 heteroatoms. The van der Waals surface area contributed by atoms with Gasteiger partial charge in [0.05, 0.1) is 6.54 Å². The molecule has 0 radical (unpaired) electrons. The second-order valence-electron chi connectivity index (χ2n) is 3.18. The van der Waals surface area contributed by atoms with E-state index in [0.717, 1.165) is 12.3 Å². The highest BCUT2D eigenvalue weighted by Crippen LogP contribution is 2.25. The van der Waals surface area contributed by atoms with Gasteiger partial charge >= 0.3 is 0 Å². The molecule has 0 aromatic rings. The van der Waals surface area contributed by atoms with E-state index in [0.29, 0.717) is 6.04 Å². The number of hydrogen-bond donors (Lipinski definition) is 1. The Kier molecular flexibility index (Phi) is 2.86. The van der Waals surface area contributed by atoms with Crippen LogP contribution in [0.15, 0.2) is 4.99 Å². The van der Waals surface area contributed by atoms with Crippen molar-refractivity contribution in [1.82, 2.24) is 4.90 Å². The van der Waals surface area contributed by atoms with Crippen LogP contribution in [0.5, 0.6) is 0 Å². The van der Waals surface area contributed by atoms with E-state index in [-0.39, 0.29) is 0 Å². The topological polar surface area (TPSA) is 15.6 Å². The Bertz CT molecular complexity index is 193. The molecule has 2 heterocycles. The van der Waals surface area contributed by atoms with Crippen LogP contribution in [-0.2, 0) is 0 Å². The summed E-state index contributed by atoms with van der Waals surface area (Å²) < 4.78 is 0. The molecule has 0 amide bonds. The lowest BCUT2D eigenvalue weighted by Gasteiger charge is -2.24. The van der Waals surface area contributed by atoms with Gasteiger partial charge in [-0.25, -0.2) is 0 Å². The molecule has 12 heavy (non-hydrogen) atoms. The maximum absolute atomic E-state index is 4.49. The average molecular weight is 202 g/mol. The lowest BCUT2D eigenvalue weighted by atomic mass is 10.2. The van der Waals surface area contributed by atoms with E-state index >= 15 is 0 Å². The summed E-state index contributed by atoms with van der Waals surface area (Å²) in [4.78, 5) is 6.92. The summed E-state index contributed by atoms with van der Waals surface area (Å²) in [5, 5.41) is 1.27. The summed E-state index contributed by atoms with van der Waals surface area (Å²) in [6, 6.07) is 0.651. The van der Waals surface area contributed by atoms with Crippen molar-refractivity contribution in [2.24, 2.45) is 4.99 Å². The Labute approximate surface area is 83.2 Å². The van der Waals surface area contributed by atoms with Gasteiger partial charge in [0.15, 0.2) is 5.17 Å². The fourth-order valence-corrected chi connectivity index (χ4v) is 3.11. The van der Waals surface area contributed by atoms with Gasteiger partial charge in [-0.3, -0.25) is 4.99 Å². The fraction of sp³-hybridized carbons (Fsp3) is 0.875. The average Bonchev–Trinajstić information content (AvgIpc) is 2.74. The van der Waals surface area contributed by atoms with Crippen LogP contribution in [0, 0.1) is 0 Å². The summed E-state index contributed by atoms with van der Waals surface area (Å²) in [5.41, 5.74) is 0. The van der Waals surface area contributed by atoms with Gasteiger partial charge in [-0.05, 0) is 12.8 Å². The molecule has 2 aliphatic heterocycles. The third-order valence-electron chi connectivity index (χ3n) is 2.40. The van der Waals surface area contributed by atoms with E-state index in [2.05, 4.69) is 22.5 Å². The molecule has 0 spiro atoms. The number of thiol groups is 1. The SMILES string of the molecule is SCC1CCCN1C1=NCCS1. The molecule has 2 nitrogen and oxygen atoms in total. The summed E-state index contributed by atoms with van der Waals surface area (Å²) in [5.74, 6) is 2.14. The maximum Gasteiger partial charge on any atom is 0.159 e. The van der Waals surface area contributed by atoms with Gasteiger partial charge < -0.3 is 4.90 Å². The van der Waals surface area contributed by atoms with Crippen molar-refractivity contribution < 1.29 is 0 Å². The van der Waals surface area contributed by atoms with Gasteiger partial charge in [0.1, 0.15) is 0 Å². The van der Waals surface area contributed by atoms with Gasteiger partial charge in [-0.15, -0.1) is 0 Å². The molecular formula is C8H14N2S2.